The maximum absolute atomic E-state index is 5.97. The quantitative estimate of drug-likeness (QED) is 0.629. The summed E-state index contributed by atoms with van der Waals surface area (Å²) in [6, 6.07) is 6.46. The third kappa shape index (κ3) is 2.07. The lowest BCUT2D eigenvalue weighted by atomic mass is 9.80. The molecule has 1 aromatic rings. The van der Waals surface area contributed by atoms with Crippen LogP contribution >= 0.6 is 11.9 Å². The van der Waals surface area contributed by atoms with Crippen molar-refractivity contribution in [3.05, 3.63) is 23.8 Å². The third-order valence-corrected chi connectivity index (χ3v) is 3.99. The summed E-state index contributed by atoms with van der Waals surface area (Å²) in [5.74, 6) is 0.777. The minimum Gasteiger partial charge on any atom is -0.397 e. The highest BCUT2D eigenvalue weighted by atomic mass is 32.2. The van der Waals surface area contributed by atoms with E-state index in [1.54, 1.807) is 11.9 Å². The van der Waals surface area contributed by atoms with Crippen molar-refractivity contribution in [1.82, 2.24) is 0 Å². The Bertz CT molecular complexity index is 347. The van der Waals surface area contributed by atoms with Crippen molar-refractivity contribution in [2.45, 2.75) is 25.2 Å². The fourth-order valence-electron chi connectivity index (χ4n) is 1.93. The van der Waals surface area contributed by atoms with Crippen LogP contribution in [0.2, 0.25) is 0 Å². The predicted octanol–water partition coefficient (Wildman–Crippen LogP) is 3.25. The van der Waals surface area contributed by atoms with Gasteiger partial charge in [-0.3, -0.25) is 0 Å². The molecule has 0 heterocycles. The largest absolute Gasteiger partial charge is 0.397 e. The first-order chi connectivity index (χ1) is 7.22. The van der Waals surface area contributed by atoms with Gasteiger partial charge in [-0.05, 0) is 36.5 Å². The second-order valence-electron chi connectivity index (χ2n) is 4.13. The molecular weight excluding hydrogens is 204 g/mol. The van der Waals surface area contributed by atoms with Crippen molar-refractivity contribution < 1.29 is 0 Å². The molecule has 1 saturated carbocycles. The van der Waals surface area contributed by atoms with Gasteiger partial charge in [0.15, 0.2) is 0 Å². The van der Waals surface area contributed by atoms with Crippen LogP contribution in [-0.4, -0.2) is 13.3 Å². The van der Waals surface area contributed by atoms with Gasteiger partial charge in [0, 0.05) is 13.3 Å². The number of nitrogens with zero attached hydrogens (tertiary/aromatic N) is 1. The molecule has 1 aliphatic carbocycles. The first-order valence-electron chi connectivity index (χ1n) is 5.39. The summed E-state index contributed by atoms with van der Waals surface area (Å²) < 4.78 is 2.12. The number of hydrogen-bond acceptors (Lipinski definition) is 3. The molecule has 0 aromatic heterocycles. The standard InChI is InChI=1S/C12H18N2S/c1-14(15-2)12-8-10(6-7-11(12)13)9-4-3-5-9/h6-9H,3-5,13H2,1-2H3. The zero-order chi connectivity index (χ0) is 10.8. The van der Waals surface area contributed by atoms with Gasteiger partial charge in [-0.1, -0.05) is 24.4 Å². The third-order valence-electron chi connectivity index (χ3n) is 3.24. The van der Waals surface area contributed by atoms with E-state index < -0.39 is 0 Å². The molecule has 2 nitrogen and oxygen atoms in total. The van der Waals surface area contributed by atoms with E-state index in [9.17, 15) is 0 Å². The molecular formula is C12H18N2S. The van der Waals surface area contributed by atoms with Gasteiger partial charge in [0.1, 0.15) is 0 Å². The number of benzene rings is 1. The van der Waals surface area contributed by atoms with E-state index in [-0.39, 0.29) is 0 Å². The lowest BCUT2D eigenvalue weighted by Gasteiger charge is -2.27. The maximum Gasteiger partial charge on any atom is 0.0699 e. The van der Waals surface area contributed by atoms with Crippen LogP contribution in [-0.2, 0) is 0 Å². The number of rotatable bonds is 3. The van der Waals surface area contributed by atoms with Crippen LogP contribution in [0.4, 0.5) is 11.4 Å². The first-order valence-corrected chi connectivity index (χ1v) is 6.58. The Morgan fingerprint density at radius 3 is 2.67 bits per heavy atom. The smallest absolute Gasteiger partial charge is 0.0699 e. The molecule has 0 radical (unpaired) electrons. The average Bonchev–Trinajstić information content (AvgIpc) is 2.17. The summed E-state index contributed by atoms with van der Waals surface area (Å²) in [5, 5.41) is 0. The molecule has 1 aromatic carbocycles. The molecule has 82 valence electrons. The van der Waals surface area contributed by atoms with Gasteiger partial charge < -0.3 is 10.0 Å². The Hall–Kier alpha value is -0.830. The highest BCUT2D eigenvalue weighted by molar-refractivity contribution is 7.99. The normalized spacial score (nSPS) is 16.1. The molecule has 0 unspecified atom stereocenters. The van der Waals surface area contributed by atoms with Crippen molar-refractivity contribution in [1.29, 1.82) is 0 Å². The van der Waals surface area contributed by atoms with Crippen LogP contribution in [0.3, 0.4) is 0 Å². The van der Waals surface area contributed by atoms with Crippen molar-refractivity contribution in [3.8, 4) is 0 Å². The van der Waals surface area contributed by atoms with Crippen LogP contribution in [0.1, 0.15) is 30.7 Å². The lowest BCUT2D eigenvalue weighted by Crippen LogP contribution is -2.12. The minimum absolute atomic E-state index is 0.777. The van der Waals surface area contributed by atoms with Crippen LogP contribution in [0.5, 0.6) is 0 Å². The molecule has 0 aliphatic heterocycles. The molecule has 0 spiro atoms. The highest BCUT2D eigenvalue weighted by Gasteiger charge is 2.20. The lowest BCUT2D eigenvalue weighted by molar-refractivity contribution is 0.420. The van der Waals surface area contributed by atoms with Gasteiger partial charge in [0.25, 0.3) is 0 Å². The van der Waals surface area contributed by atoms with Crippen LogP contribution in [0.15, 0.2) is 18.2 Å². The second-order valence-corrected chi connectivity index (χ2v) is 5.04. The topological polar surface area (TPSA) is 29.3 Å². The molecule has 0 amide bonds. The Labute approximate surface area is 96.0 Å². The van der Waals surface area contributed by atoms with E-state index in [1.165, 1.54) is 24.8 Å². The number of hydrogen-bond donors (Lipinski definition) is 1. The Balaban J connectivity index is 2.27. The van der Waals surface area contributed by atoms with Crippen molar-refractivity contribution in [2.24, 2.45) is 0 Å². The zero-order valence-electron chi connectivity index (χ0n) is 9.36. The first kappa shape index (κ1) is 10.7. The van der Waals surface area contributed by atoms with E-state index in [4.69, 9.17) is 5.73 Å². The van der Waals surface area contributed by atoms with Crippen LogP contribution in [0.25, 0.3) is 0 Å². The van der Waals surface area contributed by atoms with Gasteiger partial charge in [0.05, 0.1) is 11.4 Å². The second kappa shape index (κ2) is 4.35. The van der Waals surface area contributed by atoms with Gasteiger partial charge in [-0.25, -0.2) is 0 Å². The van der Waals surface area contributed by atoms with Crippen molar-refractivity contribution >= 4 is 23.3 Å². The molecule has 2 rings (SSSR count). The van der Waals surface area contributed by atoms with Gasteiger partial charge in [0.2, 0.25) is 0 Å². The molecule has 2 N–H and O–H groups in total. The van der Waals surface area contributed by atoms with Gasteiger partial charge in [-0.2, -0.15) is 0 Å². The molecule has 0 saturated heterocycles. The van der Waals surface area contributed by atoms with Crippen molar-refractivity contribution in [3.63, 3.8) is 0 Å². The minimum atomic E-state index is 0.777. The molecule has 15 heavy (non-hydrogen) atoms. The SMILES string of the molecule is CSN(C)c1cc(C2CCC2)ccc1N. The van der Waals surface area contributed by atoms with E-state index in [0.717, 1.165) is 17.3 Å². The molecule has 0 atom stereocenters. The monoisotopic (exact) mass is 222 g/mol. The molecule has 3 heteroatoms. The van der Waals surface area contributed by atoms with Crippen molar-refractivity contribution in [2.75, 3.05) is 23.3 Å². The summed E-state index contributed by atoms with van der Waals surface area (Å²) in [6.45, 7) is 0. The maximum atomic E-state index is 5.97. The van der Waals surface area contributed by atoms with E-state index in [1.807, 2.05) is 6.07 Å². The predicted molar refractivity (Wildman–Crippen MR) is 69.4 cm³/mol. The Kier molecular flexibility index (Phi) is 3.10. The van der Waals surface area contributed by atoms with Crippen LogP contribution < -0.4 is 10.0 Å². The highest BCUT2D eigenvalue weighted by Crippen LogP contribution is 2.39. The molecule has 1 aliphatic rings. The van der Waals surface area contributed by atoms with E-state index in [2.05, 4.69) is 29.7 Å². The Morgan fingerprint density at radius 2 is 2.13 bits per heavy atom. The summed E-state index contributed by atoms with van der Waals surface area (Å²) in [4.78, 5) is 0. The molecule has 1 fully saturated rings. The summed E-state index contributed by atoms with van der Waals surface area (Å²) in [5.41, 5.74) is 9.44. The summed E-state index contributed by atoms with van der Waals surface area (Å²) in [6.07, 6.45) is 6.12. The number of nitrogen functional groups attached to an aromatic ring is 1. The number of nitrogens with two attached hydrogens (primary N) is 1. The summed E-state index contributed by atoms with van der Waals surface area (Å²) in [7, 11) is 2.06. The average molecular weight is 222 g/mol. The Morgan fingerprint density at radius 1 is 1.40 bits per heavy atom. The van der Waals surface area contributed by atoms with Crippen LogP contribution in [0, 0.1) is 0 Å². The molecule has 0 bridgehead atoms. The fourth-order valence-corrected chi connectivity index (χ4v) is 2.28. The zero-order valence-corrected chi connectivity index (χ0v) is 10.2. The van der Waals surface area contributed by atoms with E-state index >= 15 is 0 Å². The van der Waals surface area contributed by atoms with Gasteiger partial charge >= 0.3 is 0 Å². The van der Waals surface area contributed by atoms with E-state index in [0.29, 0.717) is 0 Å². The van der Waals surface area contributed by atoms with Gasteiger partial charge in [-0.15, -0.1) is 0 Å². The number of anilines is 2. The fraction of sp³-hybridized carbons (Fsp3) is 0.500. The summed E-state index contributed by atoms with van der Waals surface area (Å²) >= 11 is 1.69.